The molecule has 1 N–H and O–H groups in total. The van der Waals surface area contributed by atoms with Crippen LogP contribution >= 0.6 is 0 Å². The van der Waals surface area contributed by atoms with Gasteiger partial charge in [0.05, 0.1) is 18.8 Å². The van der Waals surface area contributed by atoms with Gasteiger partial charge in [-0.25, -0.2) is 4.79 Å². The monoisotopic (exact) mass is 190 g/mol. The van der Waals surface area contributed by atoms with E-state index < -0.39 is 6.09 Å². The fourth-order valence-corrected chi connectivity index (χ4v) is 1.42. The first-order chi connectivity index (χ1) is 6.77. The van der Waals surface area contributed by atoms with Crippen LogP contribution < -0.4 is 0 Å². The van der Waals surface area contributed by atoms with Gasteiger partial charge in [-0.05, 0) is 11.6 Å². The van der Waals surface area contributed by atoms with Gasteiger partial charge >= 0.3 is 6.09 Å². The predicted molar refractivity (Wildman–Crippen MR) is 53.0 cm³/mol. The molecule has 0 bridgehead atoms. The second-order valence-electron chi connectivity index (χ2n) is 3.10. The van der Waals surface area contributed by atoms with Crippen molar-refractivity contribution in [3.8, 4) is 0 Å². The van der Waals surface area contributed by atoms with Gasteiger partial charge in [0.1, 0.15) is 0 Å². The summed E-state index contributed by atoms with van der Waals surface area (Å²) in [5.74, 6) is 0. The first-order valence-electron chi connectivity index (χ1n) is 4.35. The van der Waals surface area contributed by atoms with E-state index >= 15 is 0 Å². The van der Waals surface area contributed by atoms with Gasteiger partial charge in [0, 0.05) is 6.21 Å². The highest BCUT2D eigenvalue weighted by Crippen LogP contribution is 2.21. The third-order valence-corrected chi connectivity index (χ3v) is 2.16. The molecule has 0 aliphatic carbocycles. The molecule has 0 unspecified atom stereocenters. The van der Waals surface area contributed by atoms with Crippen LogP contribution in [0.25, 0.3) is 0 Å². The molecule has 14 heavy (non-hydrogen) atoms. The van der Waals surface area contributed by atoms with E-state index in [-0.39, 0.29) is 0 Å². The summed E-state index contributed by atoms with van der Waals surface area (Å²) in [5.41, 5.74) is 1.81. The van der Waals surface area contributed by atoms with Crippen molar-refractivity contribution < 1.29 is 9.90 Å². The number of fused-ring (bicyclic) bond motifs is 1. The molecule has 1 aromatic rings. The molecule has 2 rings (SSSR count). The lowest BCUT2D eigenvalue weighted by molar-refractivity contribution is 0.150. The lowest BCUT2D eigenvalue weighted by atomic mass is 10.2. The molecule has 1 aliphatic rings. The minimum absolute atomic E-state index is 0.351. The van der Waals surface area contributed by atoms with Gasteiger partial charge in [0.15, 0.2) is 0 Å². The van der Waals surface area contributed by atoms with Crippen LogP contribution in [0.4, 0.5) is 10.5 Å². The van der Waals surface area contributed by atoms with E-state index in [9.17, 15) is 4.79 Å². The van der Waals surface area contributed by atoms with Crippen LogP contribution in [0.3, 0.4) is 0 Å². The summed E-state index contributed by atoms with van der Waals surface area (Å²) in [5, 5.41) is 8.85. The molecule has 1 aromatic carbocycles. The van der Waals surface area contributed by atoms with Crippen molar-refractivity contribution in [2.75, 3.05) is 6.54 Å². The molecular formula is C10H10N2O2. The first-order valence-corrected chi connectivity index (χ1v) is 4.35. The Bertz CT molecular complexity index is 387. The predicted octanol–water partition coefficient (Wildman–Crippen LogP) is 1.88. The van der Waals surface area contributed by atoms with E-state index in [2.05, 4.69) is 4.99 Å². The summed E-state index contributed by atoms with van der Waals surface area (Å²) in [6.07, 6.45) is 0.716. The number of aliphatic imine (C=N–C) groups is 1. The van der Waals surface area contributed by atoms with Crippen molar-refractivity contribution in [2.45, 2.75) is 6.54 Å². The molecule has 0 saturated heterocycles. The molecular weight excluding hydrogens is 180 g/mol. The Morgan fingerprint density at radius 2 is 2.21 bits per heavy atom. The topological polar surface area (TPSA) is 52.9 Å². The van der Waals surface area contributed by atoms with Gasteiger partial charge in [-0.1, -0.05) is 18.2 Å². The van der Waals surface area contributed by atoms with Gasteiger partial charge in [0.25, 0.3) is 0 Å². The van der Waals surface area contributed by atoms with Crippen LogP contribution in [0.5, 0.6) is 0 Å². The SMILES string of the molecule is O=C(O)N1CC=Nc2ccccc2C1. The number of hydrogen-bond donors (Lipinski definition) is 1. The highest BCUT2D eigenvalue weighted by molar-refractivity contribution is 5.75. The second kappa shape index (κ2) is 3.49. The van der Waals surface area contributed by atoms with E-state index in [1.807, 2.05) is 24.3 Å². The maximum Gasteiger partial charge on any atom is 0.407 e. The molecule has 0 aromatic heterocycles. The van der Waals surface area contributed by atoms with E-state index in [0.717, 1.165) is 11.3 Å². The van der Waals surface area contributed by atoms with Crippen molar-refractivity contribution in [1.82, 2.24) is 4.90 Å². The zero-order valence-corrected chi connectivity index (χ0v) is 7.55. The summed E-state index contributed by atoms with van der Waals surface area (Å²) >= 11 is 0. The van der Waals surface area contributed by atoms with Gasteiger partial charge in [0.2, 0.25) is 0 Å². The summed E-state index contributed by atoms with van der Waals surface area (Å²) in [7, 11) is 0. The third kappa shape index (κ3) is 1.59. The Kier molecular flexibility index (Phi) is 2.18. The fourth-order valence-electron chi connectivity index (χ4n) is 1.42. The zero-order valence-electron chi connectivity index (χ0n) is 7.55. The van der Waals surface area contributed by atoms with Gasteiger partial charge < -0.3 is 5.11 Å². The number of para-hydroxylation sites is 1. The maximum atomic E-state index is 10.8. The normalized spacial score (nSPS) is 14.7. The number of carboxylic acid groups (broad SMARTS) is 1. The van der Waals surface area contributed by atoms with Crippen LogP contribution in [0.15, 0.2) is 29.3 Å². The summed E-state index contributed by atoms with van der Waals surface area (Å²) < 4.78 is 0. The third-order valence-electron chi connectivity index (χ3n) is 2.16. The Balaban J connectivity index is 2.34. The molecule has 4 nitrogen and oxygen atoms in total. The summed E-state index contributed by atoms with van der Waals surface area (Å²) in [6.45, 7) is 0.759. The lowest BCUT2D eigenvalue weighted by Crippen LogP contribution is -2.29. The molecule has 0 radical (unpaired) electrons. The van der Waals surface area contributed by atoms with Crippen molar-refractivity contribution in [3.63, 3.8) is 0 Å². The smallest absolute Gasteiger partial charge is 0.407 e. The molecule has 4 heteroatoms. The molecule has 0 atom stereocenters. The molecule has 1 amide bonds. The fraction of sp³-hybridized carbons (Fsp3) is 0.200. The van der Waals surface area contributed by atoms with Crippen molar-refractivity contribution in [3.05, 3.63) is 29.8 Å². The summed E-state index contributed by atoms with van der Waals surface area (Å²) in [4.78, 5) is 16.3. The van der Waals surface area contributed by atoms with E-state index in [1.54, 1.807) is 6.21 Å². The van der Waals surface area contributed by atoms with Gasteiger partial charge in [-0.3, -0.25) is 9.89 Å². The number of carbonyl (C=O) groups is 1. The highest BCUT2D eigenvalue weighted by Gasteiger charge is 2.14. The van der Waals surface area contributed by atoms with Crippen molar-refractivity contribution in [1.29, 1.82) is 0 Å². The average Bonchev–Trinajstić information content (AvgIpc) is 2.39. The second-order valence-corrected chi connectivity index (χ2v) is 3.10. The minimum Gasteiger partial charge on any atom is -0.465 e. The largest absolute Gasteiger partial charge is 0.465 e. The van der Waals surface area contributed by atoms with Crippen LogP contribution in [-0.2, 0) is 6.54 Å². The number of hydrogen-bond acceptors (Lipinski definition) is 2. The number of benzene rings is 1. The van der Waals surface area contributed by atoms with Crippen LogP contribution in [-0.4, -0.2) is 28.9 Å². The Hall–Kier alpha value is -1.84. The van der Waals surface area contributed by atoms with E-state index in [4.69, 9.17) is 5.11 Å². The molecule has 1 aliphatic heterocycles. The molecule has 72 valence electrons. The molecule has 0 saturated carbocycles. The molecule has 0 spiro atoms. The van der Waals surface area contributed by atoms with Crippen LogP contribution in [0.1, 0.15) is 5.56 Å². The average molecular weight is 190 g/mol. The molecule has 0 fully saturated rings. The van der Waals surface area contributed by atoms with Crippen LogP contribution in [0, 0.1) is 0 Å². The van der Waals surface area contributed by atoms with E-state index in [1.165, 1.54) is 4.90 Å². The van der Waals surface area contributed by atoms with Crippen molar-refractivity contribution >= 4 is 18.0 Å². The van der Waals surface area contributed by atoms with Crippen LogP contribution in [0.2, 0.25) is 0 Å². The number of rotatable bonds is 0. The Morgan fingerprint density at radius 1 is 1.43 bits per heavy atom. The Labute approximate surface area is 81.5 Å². The van der Waals surface area contributed by atoms with E-state index in [0.29, 0.717) is 13.1 Å². The highest BCUT2D eigenvalue weighted by atomic mass is 16.4. The lowest BCUT2D eigenvalue weighted by Gasteiger charge is -2.15. The quantitative estimate of drug-likeness (QED) is 0.679. The minimum atomic E-state index is -0.909. The Morgan fingerprint density at radius 3 is 3.00 bits per heavy atom. The summed E-state index contributed by atoms with van der Waals surface area (Å²) in [6, 6.07) is 7.57. The van der Waals surface area contributed by atoms with Gasteiger partial charge in [-0.2, -0.15) is 0 Å². The number of nitrogens with zero attached hydrogens (tertiary/aromatic N) is 2. The van der Waals surface area contributed by atoms with Gasteiger partial charge in [-0.15, -0.1) is 0 Å². The maximum absolute atomic E-state index is 10.8. The van der Waals surface area contributed by atoms with Crippen molar-refractivity contribution in [2.24, 2.45) is 4.99 Å². The zero-order chi connectivity index (χ0) is 9.97. The standard InChI is InChI=1S/C10H10N2O2/c13-10(14)12-6-5-11-9-4-2-1-3-8(9)7-12/h1-5H,6-7H2,(H,13,14). The molecule has 1 heterocycles. The number of amides is 1. The first kappa shape index (κ1) is 8.74.